The van der Waals surface area contributed by atoms with Crippen LogP contribution in [0, 0.1) is 6.92 Å². The Hall–Kier alpha value is -1.92. The van der Waals surface area contributed by atoms with Crippen molar-refractivity contribution < 1.29 is 4.74 Å². The third-order valence-electron chi connectivity index (χ3n) is 5.74. The molecule has 2 aromatic rings. The molecule has 0 unspecified atom stereocenters. The van der Waals surface area contributed by atoms with Crippen molar-refractivity contribution in [2.75, 3.05) is 32.0 Å². The molecule has 0 spiro atoms. The molecule has 0 atom stereocenters. The van der Waals surface area contributed by atoms with Crippen LogP contribution < -0.4 is 5.73 Å². The lowest BCUT2D eigenvalue weighted by molar-refractivity contribution is -0.0151. The fourth-order valence-corrected chi connectivity index (χ4v) is 4.02. The smallest absolute Gasteiger partial charge is 0.126 e. The number of anilines is 1. The molecule has 0 aromatic carbocycles. The molecule has 2 N–H and O–H groups in total. The number of ether oxygens (including phenoxy) is 1. The molecule has 1 aliphatic carbocycles. The minimum absolute atomic E-state index is 0.397. The summed E-state index contributed by atoms with van der Waals surface area (Å²) in [6.45, 7) is 10.3. The largest absolute Gasteiger partial charge is 0.383 e. The summed E-state index contributed by atoms with van der Waals surface area (Å²) in [5.74, 6) is 2.15. The van der Waals surface area contributed by atoms with Crippen molar-refractivity contribution in [2.24, 2.45) is 0 Å². The van der Waals surface area contributed by atoms with E-state index in [0.717, 1.165) is 43.1 Å². The SMILES string of the molecule is Cc1cc(-c2cn([C@H]3C[C@H](N4CCOCC4)C3)c(C(C)C)n2)cnc1N. The fourth-order valence-electron chi connectivity index (χ4n) is 4.02. The van der Waals surface area contributed by atoms with Crippen molar-refractivity contribution in [3.63, 3.8) is 0 Å². The van der Waals surface area contributed by atoms with Crippen LogP contribution in [0.3, 0.4) is 0 Å². The standard InChI is InChI=1S/C20H29N5O/c1-13(2)20-23-18(15-8-14(3)19(21)22-11-15)12-25(20)17-9-16(10-17)24-4-6-26-7-5-24/h8,11-13,16-17H,4-7,9-10H2,1-3H3,(H2,21,22)/t16-,17-. The van der Waals surface area contributed by atoms with Crippen LogP contribution in [0.1, 0.15) is 50.0 Å². The maximum atomic E-state index is 5.86. The van der Waals surface area contributed by atoms with Crippen molar-refractivity contribution in [1.29, 1.82) is 0 Å². The minimum Gasteiger partial charge on any atom is -0.383 e. The normalized spacial score (nSPS) is 24.0. The molecule has 4 rings (SSSR count). The van der Waals surface area contributed by atoms with E-state index in [1.165, 1.54) is 18.7 Å². The van der Waals surface area contributed by atoms with Gasteiger partial charge >= 0.3 is 0 Å². The average Bonchev–Trinajstić information content (AvgIpc) is 3.02. The van der Waals surface area contributed by atoms with Gasteiger partial charge in [0.25, 0.3) is 0 Å². The first-order valence-electron chi connectivity index (χ1n) is 9.66. The number of aromatic nitrogens is 3. The van der Waals surface area contributed by atoms with Gasteiger partial charge in [0.15, 0.2) is 0 Å². The molecule has 26 heavy (non-hydrogen) atoms. The Kier molecular flexibility index (Phi) is 4.71. The number of nitrogens with two attached hydrogens (primary N) is 1. The van der Waals surface area contributed by atoms with Crippen LogP contribution in [0.4, 0.5) is 5.82 Å². The topological polar surface area (TPSA) is 69.2 Å². The first-order chi connectivity index (χ1) is 12.5. The van der Waals surface area contributed by atoms with Crippen LogP contribution in [0.5, 0.6) is 0 Å². The van der Waals surface area contributed by atoms with Gasteiger partial charge in [-0.25, -0.2) is 9.97 Å². The van der Waals surface area contributed by atoms with Crippen molar-refractivity contribution >= 4 is 5.82 Å². The van der Waals surface area contributed by atoms with Crippen molar-refractivity contribution in [3.05, 3.63) is 29.8 Å². The van der Waals surface area contributed by atoms with Crippen LogP contribution >= 0.6 is 0 Å². The third kappa shape index (κ3) is 3.23. The maximum absolute atomic E-state index is 5.86. The van der Waals surface area contributed by atoms with Crippen molar-refractivity contribution in [1.82, 2.24) is 19.4 Å². The lowest BCUT2D eigenvalue weighted by Gasteiger charge is -2.45. The second-order valence-corrected chi connectivity index (χ2v) is 7.90. The lowest BCUT2D eigenvalue weighted by Crippen LogP contribution is -2.50. The van der Waals surface area contributed by atoms with E-state index in [9.17, 15) is 0 Å². The molecule has 2 fully saturated rings. The summed E-state index contributed by atoms with van der Waals surface area (Å²) in [7, 11) is 0. The van der Waals surface area contributed by atoms with E-state index in [-0.39, 0.29) is 0 Å². The molecule has 0 radical (unpaired) electrons. The van der Waals surface area contributed by atoms with Crippen LogP contribution in [-0.2, 0) is 4.74 Å². The van der Waals surface area contributed by atoms with Crippen molar-refractivity contribution in [3.8, 4) is 11.3 Å². The third-order valence-corrected chi connectivity index (χ3v) is 5.74. The number of rotatable bonds is 4. The molecule has 1 saturated carbocycles. The van der Waals surface area contributed by atoms with Crippen molar-refractivity contribution in [2.45, 2.75) is 51.6 Å². The number of morpholine rings is 1. The zero-order chi connectivity index (χ0) is 18.3. The highest BCUT2D eigenvalue weighted by atomic mass is 16.5. The van der Waals surface area contributed by atoms with Gasteiger partial charge in [0.2, 0.25) is 0 Å². The summed E-state index contributed by atoms with van der Waals surface area (Å²) in [5, 5.41) is 0. The zero-order valence-electron chi connectivity index (χ0n) is 16.0. The van der Waals surface area contributed by atoms with E-state index in [4.69, 9.17) is 15.5 Å². The molecule has 2 aliphatic rings. The number of aryl methyl sites for hydroxylation is 1. The highest BCUT2D eigenvalue weighted by molar-refractivity contribution is 5.61. The van der Waals surface area contributed by atoms with Gasteiger partial charge < -0.3 is 15.0 Å². The van der Waals surface area contributed by atoms with E-state index in [0.29, 0.717) is 23.8 Å². The Balaban J connectivity index is 1.54. The van der Waals surface area contributed by atoms with Gasteiger partial charge in [-0.05, 0) is 31.4 Å². The molecule has 3 heterocycles. The lowest BCUT2D eigenvalue weighted by atomic mass is 9.84. The van der Waals surface area contributed by atoms with E-state index in [1.807, 2.05) is 13.1 Å². The summed E-state index contributed by atoms with van der Waals surface area (Å²) in [4.78, 5) is 11.8. The van der Waals surface area contributed by atoms with E-state index >= 15 is 0 Å². The highest BCUT2D eigenvalue weighted by Gasteiger charge is 2.36. The zero-order valence-corrected chi connectivity index (χ0v) is 16.0. The fraction of sp³-hybridized carbons (Fsp3) is 0.600. The van der Waals surface area contributed by atoms with Gasteiger partial charge in [0, 0.05) is 49.0 Å². The number of hydrogen-bond acceptors (Lipinski definition) is 5. The van der Waals surface area contributed by atoms with Gasteiger partial charge in [-0.2, -0.15) is 0 Å². The van der Waals surface area contributed by atoms with Crippen LogP contribution in [0.2, 0.25) is 0 Å². The Bertz CT molecular complexity index is 773. The Labute approximate surface area is 155 Å². The van der Waals surface area contributed by atoms with Crippen LogP contribution in [-0.4, -0.2) is 51.8 Å². The van der Waals surface area contributed by atoms with E-state index in [1.54, 1.807) is 0 Å². The molecule has 140 valence electrons. The highest BCUT2D eigenvalue weighted by Crippen LogP contribution is 2.39. The number of imidazole rings is 1. The predicted octanol–water partition coefficient (Wildman–Crippen LogP) is 2.99. The maximum Gasteiger partial charge on any atom is 0.126 e. The Morgan fingerprint density at radius 1 is 1.19 bits per heavy atom. The van der Waals surface area contributed by atoms with E-state index < -0.39 is 0 Å². The molecule has 0 bridgehead atoms. The molecule has 2 aromatic heterocycles. The first kappa shape index (κ1) is 17.5. The Morgan fingerprint density at radius 3 is 2.58 bits per heavy atom. The minimum atomic E-state index is 0.397. The van der Waals surface area contributed by atoms with Gasteiger partial charge in [0.05, 0.1) is 18.9 Å². The molecule has 1 saturated heterocycles. The summed E-state index contributed by atoms with van der Waals surface area (Å²) in [6.07, 6.45) is 6.45. The summed E-state index contributed by atoms with van der Waals surface area (Å²) in [6, 6.07) is 3.32. The van der Waals surface area contributed by atoms with E-state index in [2.05, 4.69) is 40.6 Å². The summed E-state index contributed by atoms with van der Waals surface area (Å²) in [5.41, 5.74) is 8.91. The molecular formula is C20H29N5O. The van der Waals surface area contributed by atoms with Gasteiger partial charge in [-0.15, -0.1) is 0 Å². The summed E-state index contributed by atoms with van der Waals surface area (Å²) < 4.78 is 7.88. The number of hydrogen-bond donors (Lipinski definition) is 1. The van der Waals surface area contributed by atoms with Gasteiger partial charge in [-0.1, -0.05) is 13.8 Å². The second-order valence-electron chi connectivity index (χ2n) is 7.90. The van der Waals surface area contributed by atoms with Crippen LogP contribution in [0.25, 0.3) is 11.3 Å². The number of nitrogen functional groups attached to an aromatic ring is 1. The quantitative estimate of drug-likeness (QED) is 0.913. The average molecular weight is 355 g/mol. The molecule has 6 nitrogen and oxygen atoms in total. The Morgan fingerprint density at radius 2 is 1.92 bits per heavy atom. The molecular weight excluding hydrogens is 326 g/mol. The summed E-state index contributed by atoms with van der Waals surface area (Å²) >= 11 is 0. The van der Waals surface area contributed by atoms with Crippen LogP contribution in [0.15, 0.2) is 18.5 Å². The number of nitrogens with zero attached hydrogens (tertiary/aromatic N) is 4. The van der Waals surface area contributed by atoms with Gasteiger partial charge in [-0.3, -0.25) is 4.90 Å². The first-order valence-corrected chi connectivity index (χ1v) is 9.66. The molecule has 6 heteroatoms. The second kappa shape index (κ2) is 7.00. The number of pyridine rings is 1. The monoisotopic (exact) mass is 355 g/mol. The molecule has 1 aliphatic heterocycles. The molecule has 0 amide bonds. The van der Waals surface area contributed by atoms with Gasteiger partial charge in [0.1, 0.15) is 11.6 Å². The predicted molar refractivity (Wildman–Crippen MR) is 103 cm³/mol.